The number of rotatable bonds is 0. The molecule has 1 aromatic carbocycles. The maximum atomic E-state index is 13.1. The maximum Gasteiger partial charge on any atom is 0.416 e. The van der Waals surface area contributed by atoms with Crippen LogP contribution in [0.15, 0.2) is 12.1 Å². The van der Waals surface area contributed by atoms with Gasteiger partial charge >= 0.3 is 6.18 Å². The number of halogens is 5. The van der Waals surface area contributed by atoms with Gasteiger partial charge in [-0.1, -0.05) is 11.6 Å². The van der Waals surface area contributed by atoms with Crippen molar-refractivity contribution < 1.29 is 17.9 Å². The summed E-state index contributed by atoms with van der Waals surface area (Å²) in [5, 5.41) is 3.30. The molecule has 2 unspecified atom stereocenters. The van der Waals surface area contributed by atoms with Gasteiger partial charge in [0.05, 0.1) is 17.8 Å². The molecule has 2 aliphatic heterocycles. The Morgan fingerprint density at radius 2 is 2.10 bits per heavy atom. The minimum Gasteiger partial charge on any atom is -0.369 e. The molecule has 0 amide bonds. The molecule has 0 aromatic heterocycles. The topological polar surface area (TPSA) is 21.3 Å². The largest absolute Gasteiger partial charge is 0.416 e. The van der Waals surface area contributed by atoms with E-state index in [9.17, 15) is 13.2 Å². The summed E-state index contributed by atoms with van der Waals surface area (Å²) < 4.78 is 44.9. The lowest BCUT2D eigenvalue weighted by Gasteiger charge is -2.38. The summed E-state index contributed by atoms with van der Waals surface area (Å²) in [4.78, 5) is 0. The van der Waals surface area contributed by atoms with Gasteiger partial charge < -0.3 is 10.1 Å². The van der Waals surface area contributed by atoms with Crippen LogP contribution in [-0.2, 0) is 17.5 Å². The average Bonchev–Trinajstić information content (AvgIpc) is 2.69. The van der Waals surface area contributed by atoms with Gasteiger partial charge in [0.15, 0.2) is 0 Å². The molecule has 112 valence electrons. The number of ether oxygens (including phenoxy) is 1. The summed E-state index contributed by atoms with van der Waals surface area (Å²) in [6.45, 7) is 3.16. The van der Waals surface area contributed by atoms with Gasteiger partial charge in [-0.15, -0.1) is 12.4 Å². The Kier molecular flexibility index (Phi) is 4.02. The molecule has 1 N–H and O–H groups in total. The van der Waals surface area contributed by atoms with Crippen LogP contribution in [0, 0.1) is 0 Å². The van der Waals surface area contributed by atoms with E-state index in [-0.39, 0.29) is 35.5 Å². The first kappa shape index (κ1) is 15.9. The predicted octanol–water partition coefficient (Wildman–Crippen LogP) is 3.76. The Morgan fingerprint density at radius 1 is 1.40 bits per heavy atom. The number of fused-ring (bicyclic) bond motifs is 3. The number of hydrogen-bond acceptors (Lipinski definition) is 2. The lowest BCUT2D eigenvalue weighted by molar-refractivity contribution is -0.140. The van der Waals surface area contributed by atoms with Crippen molar-refractivity contribution >= 4 is 24.0 Å². The van der Waals surface area contributed by atoms with Crippen LogP contribution in [0.1, 0.15) is 29.5 Å². The van der Waals surface area contributed by atoms with Crippen molar-refractivity contribution in [2.45, 2.75) is 31.2 Å². The van der Waals surface area contributed by atoms with Crippen molar-refractivity contribution in [2.24, 2.45) is 0 Å². The van der Waals surface area contributed by atoms with Crippen molar-refractivity contribution in [3.05, 3.63) is 33.8 Å². The van der Waals surface area contributed by atoms with Crippen LogP contribution in [0.4, 0.5) is 13.2 Å². The van der Waals surface area contributed by atoms with E-state index in [1.165, 1.54) is 0 Å². The van der Waals surface area contributed by atoms with Gasteiger partial charge in [0.25, 0.3) is 0 Å². The van der Waals surface area contributed by atoms with Gasteiger partial charge in [0.1, 0.15) is 0 Å². The summed E-state index contributed by atoms with van der Waals surface area (Å²) in [6, 6.07) is 2.62. The van der Waals surface area contributed by atoms with E-state index in [4.69, 9.17) is 16.3 Å². The molecule has 20 heavy (non-hydrogen) atoms. The third-order valence-electron chi connectivity index (χ3n) is 4.04. The smallest absolute Gasteiger partial charge is 0.369 e. The zero-order chi connectivity index (χ0) is 13.8. The zero-order valence-corrected chi connectivity index (χ0v) is 12.3. The first-order chi connectivity index (χ1) is 8.81. The highest BCUT2D eigenvalue weighted by Gasteiger charge is 2.47. The molecule has 2 heterocycles. The summed E-state index contributed by atoms with van der Waals surface area (Å²) >= 11 is 5.86. The van der Waals surface area contributed by atoms with Crippen LogP contribution in [0.5, 0.6) is 0 Å². The second-order valence-corrected chi connectivity index (χ2v) is 5.74. The number of benzene rings is 1. The number of alkyl halides is 3. The molecule has 1 fully saturated rings. The van der Waals surface area contributed by atoms with Crippen LogP contribution in [0.2, 0.25) is 5.02 Å². The van der Waals surface area contributed by atoms with Crippen molar-refractivity contribution in [2.75, 3.05) is 13.1 Å². The quantitative estimate of drug-likeness (QED) is 0.783. The van der Waals surface area contributed by atoms with E-state index < -0.39 is 17.3 Å². The fraction of sp³-hybridized carbons (Fsp3) is 0.538. The second-order valence-electron chi connectivity index (χ2n) is 5.30. The zero-order valence-electron chi connectivity index (χ0n) is 10.7. The Balaban J connectivity index is 0.00000147. The van der Waals surface area contributed by atoms with E-state index in [1.54, 1.807) is 6.07 Å². The van der Waals surface area contributed by atoms with Crippen molar-refractivity contribution in [1.29, 1.82) is 0 Å². The van der Waals surface area contributed by atoms with Crippen LogP contribution in [-0.4, -0.2) is 18.7 Å². The number of hydrogen-bond donors (Lipinski definition) is 1. The standard InChI is InChI=1S/C13H13ClF3NO.ClH/c1-12-6-18-4-11(12)8-2-7(14)3-10(13(15,16)17)9(8)5-19-12;/h2-3,11,18H,4-6H2,1H3;1H. The highest BCUT2D eigenvalue weighted by molar-refractivity contribution is 6.30. The molecule has 0 spiro atoms. The fourth-order valence-electron chi connectivity index (χ4n) is 3.01. The highest BCUT2D eigenvalue weighted by Crippen LogP contribution is 2.46. The number of nitrogens with one attached hydrogen (secondary N) is 1. The van der Waals surface area contributed by atoms with E-state index in [0.717, 1.165) is 6.07 Å². The lowest BCUT2D eigenvalue weighted by atomic mass is 9.80. The van der Waals surface area contributed by atoms with E-state index in [2.05, 4.69) is 5.32 Å². The van der Waals surface area contributed by atoms with Gasteiger partial charge in [0.2, 0.25) is 0 Å². The Labute approximate surface area is 126 Å². The monoisotopic (exact) mass is 327 g/mol. The van der Waals surface area contributed by atoms with Crippen molar-refractivity contribution in [3.8, 4) is 0 Å². The summed E-state index contributed by atoms with van der Waals surface area (Å²) in [5.74, 6) is -0.0870. The third kappa shape index (κ3) is 2.41. The Morgan fingerprint density at radius 3 is 2.75 bits per heavy atom. The van der Waals surface area contributed by atoms with E-state index >= 15 is 0 Å². The molecular formula is C13H14Cl2F3NO. The molecule has 7 heteroatoms. The molecule has 2 aliphatic rings. The minimum atomic E-state index is -4.40. The highest BCUT2D eigenvalue weighted by atomic mass is 35.5. The van der Waals surface area contributed by atoms with Crippen LogP contribution < -0.4 is 5.32 Å². The van der Waals surface area contributed by atoms with Gasteiger partial charge in [-0.25, -0.2) is 0 Å². The van der Waals surface area contributed by atoms with Gasteiger partial charge in [-0.2, -0.15) is 13.2 Å². The molecule has 2 atom stereocenters. The van der Waals surface area contributed by atoms with Gasteiger partial charge in [-0.05, 0) is 30.2 Å². The predicted molar refractivity (Wildman–Crippen MR) is 72.5 cm³/mol. The van der Waals surface area contributed by atoms with Crippen molar-refractivity contribution in [1.82, 2.24) is 5.32 Å². The first-order valence-electron chi connectivity index (χ1n) is 6.05. The molecule has 3 rings (SSSR count). The molecule has 0 radical (unpaired) electrons. The van der Waals surface area contributed by atoms with Crippen LogP contribution >= 0.6 is 24.0 Å². The van der Waals surface area contributed by atoms with Crippen molar-refractivity contribution in [3.63, 3.8) is 0 Å². The average molecular weight is 328 g/mol. The normalized spacial score (nSPS) is 28.6. The SMILES string of the molecule is CC12CNCC1c1cc(Cl)cc(C(F)(F)F)c1CO2.Cl. The van der Waals surface area contributed by atoms with E-state index in [0.29, 0.717) is 18.7 Å². The molecule has 1 saturated heterocycles. The summed E-state index contributed by atoms with van der Waals surface area (Å²) in [5.41, 5.74) is -0.230. The minimum absolute atomic E-state index is 0. The Hall–Kier alpha value is -0.490. The third-order valence-corrected chi connectivity index (χ3v) is 4.26. The molecule has 0 bridgehead atoms. The summed E-state index contributed by atoms with van der Waals surface area (Å²) in [6.07, 6.45) is -4.40. The van der Waals surface area contributed by atoms with Crippen LogP contribution in [0.3, 0.4) is 0 Å². The van der Waals surface area contributed by atoms with E-state index in [1.807, 2.05) is 6.92 Å². The van der Waals surface area contributed by atoms with Crippen LogP contribution in [0.25, 0.3) is 0 Å². The first-order valence-corrected chi connectivity index (χ1v) is 6.43. The lowest BCUT2D eigenvalue weighted by Crippen LogP contribution is -2.40. The Bertz CT molecular complexity index is 535. The molecule has 1 aromatic rings. The summed E-state index contributed by atoms with van der Waals surface area (Å²) in [7, 11) is 0. The van der Waals surface area contributed by atoms with Gasteiger partial charge in [-0.3, -0.25) is 0 Å². The second kappa shape index (κ2) is 5.05. The fourth-order valence-corrected chi connectivity index (χ4v) is 3.24. The molecule has 0 aliphatic carbocycles. The molecule has 2 nitrogen and oxygen atoms in total. The molecular weight excluding hydrogens is 314 g/mol. The molecule has 0 saturated carbocycles. The van der Waals surface area contributed by atoms with Gasteiger partial charge in [0, 0.05) is 24.0 Å². The maximum absolute atomic E-state index is 13.1.